The molecule has 0 fully saturated rings. The van der Waals surface area contributed by atoms with Crippen molar-refractivity contribution in [1.82, 2.24) is 0 Å². The van der Waals surface area contributed by atoms with Gasteiger partial charge in [0, 0.05) is 28.7 Å². The number of hydrogen-bond acceptors (Lipinski definition) is 7. The Labute approximate surface area is 156 Å². The maximum atomic E-state index is 12.3. The molecule has 0 radical (unpaired) electrons. The number of rotatable bonds is 6. The van der Waals surface area contributed by atoms with Gasteiger partial charge in [-0.25, -0.2) is 9.59 Å². The zero-order valence-electron chi connectivity index (χ0n) is 16.0. The number of carbonyl (C=O) groups is 1. The number of aliphatic hydroxyl groups excluding tert-OH is 1. The van der Waals surface area contributed by atoms with Crippen LogP contribution in [0.2, 0.25) is 0 Å². The third-order valence-corrected chi connectivity index (χ3v) is 4.28. The Balaban J connectivity index is 2.64. The van der Waals surface area contributed by atoms with Gasteiger partial charge in [0.25, 0.3) is 0 Å². The molecule has 0 unspecified atom stereocenters. The molecule has 27 heavy (non-hydrogen) atoms. The predicted molar refractivity (Wildman–Crippen MR) is 99.6 cm³/mol. The number of fused-ring (bicyclic) bond motifs is 1. The Hall–Kier alpha value is -2.64. The van der Waals surface area contributed by atoms with Crippen molar-refractivity contribution in [1.29, 1.82) is 0 Å². The highest BCUT2D eigenvalue weighted by atomic mass is 16.6. The molecule has 0 aliphatic carbocycles. The van der Waals surface area contributed by atoms with E-state index in [1.54, 1.807) is 32.1 Å². The summed E-state index contributed by atoms with van der Waals surface area (Å²) in [5.74, 6) is -0.386. The Morgan fingerprint density at radius 2 is 1.96 bits per heavy atom. The normalized spacial score (nSPS) is 14.7. The molecule has 0 bridgehead atoms. The van der Waals surface area contributed by atoms with Gasteiger partial charge in [0.05, 0.1) is 12.7 Å². The van der Waals surface area contributed by atoms with E-state index in [1.165, 1.54) is 33.1 Å². The summed E-state index contributed by atoms with van der Waals surface area (Å²) in [7, 11) is 1.40. The molecule has 0 saturated heterocycles. The van der Waals surface area contributed by atoms with E-state index < -0.39 is 29.4 Å². The van der Waals surface area contributed by atoms with Crippen LogP contribution in [0.5, 0.6) is 5.75 Å². The van der Waals surface area contributed by atoms with Gasteiger partial charge in [-0.3, -0.25) is 0 Å². The van der Waals surface area contributed by atoms with Crippen LogP contribution in [-0.2, 0) is 9.53 Å². The standard InChI is InChI=1S/C20H24O7/c1-6-11(2)19(23)27-17(18(22)20(3,4)24)13-9-12-7-8-16(21)26-14(12)10-15(13)25-5/h6-10,17-18,22,24H,1-5H3/b11-6-/t17-,18-/m1/s1. The molecule has 0 aliphatic heterocycles. The van der Waals surface area contributed by atoms with Crippen LogP contribution in [-0.4, -0.2) is 35.0 Å². The first-order valence-corrected chi connectivity index (χ1v) is 8.44. The molecule has 1 heterocycles. The summed E-state index contributed by atoms with van der Waals surface area (Å²) in [6, 6.07) is 5.88. The fourth-order valence-corrected chi connectivity index (χ4v) is 2.51. The van der Waals surface area contributed by atoms with Gasteiger partial charge in [0.15, 0.2) is 6.10 Å². The molecule has 0 aliphatic rings. The summed E-state index contributed by atoms with van der Waals surface area (Å²) in [5.41, 5.74) is -1.09. The lowest BCUT2D eigenvalue weighted by molar-refractivity contribution is -0.163. The molecule has 2 N–H and O–H groups in total. The van der Waals surface area contributed by atoms with Crippen LogP contribution in [0.4, 0.5) is 0 Å². The molecule has 2 atom stereocenters. The van der Waals surface area contributed by atoms with E-state index in [0.29, 0.717) is 16.5 Å². The average molecular weight is 376 g/mol. The molecule has 2 rings (SSSR count). The molecule has 1 aromatic heterocycles. The smallest absolute Gasteiger partial charge is 0.336 e. The van der Waals surface area contributed by atoms with Crippen molar-refractivity contribution in [3.05, 3.63) is 51.9 Å². The molecule has 0 spiro atoms. The molecule has 0 saturated carbocycles. The van der Waals surface area contributed by atoms with E-state index in [2.05, 4.69) is 0 Å². The van der Waals surface area contributed by atoms with Crippen molar-refractivity contribution in [2.75, 3.05) is 7.11 Å². The highest BCUT2D eigenvalue weighted by Gasteiger charge is 2.38. The van der Waals surface area contributed by atoms with Crippen molar-refractivity contribution in [2.45, 2.75) is 45.5 Å². The lowest BCUT2D eigenvalue weighted by Crippen LogP contribution is -2.42. The van der Waals surface area contributed by atoms with Gasteiger partial charge in [-0.05, 0) is 39.8 Å². The number of hydrogen-bond donors (Lipinski definition) is 2. The molecule has 7 heteroatoms. The second-order valence-electron chi connectivity index (χ2n) is 6.78. The summed E-state index contributed by atoms with van der Waals surface area (Å²) in [5, 5.41) is 21.5. The van der Waals surface area contributed by atoms with Gasteiger partial charge in [-0.2, -0.15) is 0 Å². The second kappa shape index (κ2) is 7.94. The Morgan fingerprint density at radius 1 is 1.30 bits per heavy atom. The minimum absolute atomic E-state index is 0.246. The minimum Gasteiger partial charge on any atom is -0.496 e. The molecular formula is C20H24O7. The van der Waals surface area contributed by atoms with Crippen molar-refractivity contribution >= 4 is 16.9 Å². The third-order valence-electron chi connectivity index (χ3n) is 4.28. The first kappa shape index (κ1) is 20.7. The topological polar surface area (TPSA) is 106 Å². The number of methoxy groups -OCH3 is 1. The summed E-state index contributed by atoms with van der Waals surface area (Å²) in [6.07, 6.45) is -1.06. The summed E-state index contributed by atoms with van der Waals surface area (Å²) in [6.45, 7) is 6.10. The fourth-order valence-electron chi connectivity index (χ4n) is 2.51. The van der Waals surface area contributed by atoms with Crippen LogP contribution in [0.1, 0.15) is 39.4 Å². The lowest BCUT2D eigenvalue weighted by atomic mass is 9.91. The van der Waals surface area contributed by atoms with E-state index in [0.717, 1.165) is 0 Å². The van der Waals surface area contributed by atoms with E-state index in [1.807, 2.05) is 0 Å². The van der Waals surface area contributed by atoms with Crippen molar-refractivity contribution < 1.29 is 28.9 Å². The van der Waals surface area contributed by atoms with E-state index >= 15 is 0 Å². The molecule has 2 aromatic rings. The number of benzene rings is 1. The van der Waals surface area contributed by atoms with E-state index in [-0.39, 0.29) is 11.3 Å². The maximum Gasteiger partial charge on any atom is 0.336 e. The first-order chi connectivity index (χ1) is 12.6. The van der Waals surface area contributed by atoms with Crippen molar-refractivity contribution in [3.8, 4) is 5.75 Å². The SMILES string of the molecule is C/C=C(/C)C(=O)O[C@H](c1cc2ccc(=O)oc2cc1OC)[C@@H](O)C(C)(C)O. The molecule has 1 aromatic carbocycles. The number of allylic oxidation sites excluding steroid dienone is 1. The minimum atomic E-state index is -1.56. The van der Waals surface area contributed by atoms with E-state index in [4.69, 9.17) is 13.9 Å². The fraction of sp³-hybridized carbons (Fsp3) is 0.400. The van der Waals surface area contributed by atoms with Crippen molar-refractivity contribution in [3.63, 3.8) is 0 Å². The zero-order chi connectivity index (χ0) is 20.4. The summed E-state index contributed by atoms with van der Waals surface area (Å²) < 4.78 is 16.0. The molecule has 0 amide bonds. The van der Waals surface area contributed by atoms with Crippen LogP contribution in [0.25, 0.3) is 11.0 Å². The van der Waals surface area contributed by atoms with Gasteiger partial charge in [0.1, 0.15) is 17.4 Å². The quantitative estimate of drug-likeness (QED) is 0.453. The Bertz CT molecular complexity index is 918. The van der Waals surface area contributed by atoms with Crippen molar-refractivity contribution in [2.24, 2.45) is 0 Å². The number of aliphatic hydroxyl groups is 2. The van der Waals surface area contributed by atoms with Gasteiger partial charge in [0.2, 0.25) is 0 Å². The zero-order valence-corrected chi connectivity index (χ0v) is 16.0. The van der Waals surface area contributed by atoms with Crippen LogP contribution >= 0.6 is 0 Å². The Morgan fingerprint density at radius 3 is 2.52 bits per heavy atom. The van der Waals surface area contributed by atoms with E-state index in [9.17, 15) is 19.8 Å². The molecular weight excluding hydrogens is 352 g/mol. The van der Waals surface area contributed by atoms with Crippen LogP contribution in [0.15, 0.2) is 45.1 Å². The maximum absolute atomic E-state index is 12.3. The average Bonchev–Trinajstić information content (AvgIpc) is 2.62. The Kier molecular flexibility index (Phi) is 6.08. The highest BCUT2D eigenvalue weighted by Crippen LogP contribution is 2.37. The van der Waals surface area contributed by atoms with Gasteiger partial charge < -0.3 is 24.1 Å². The van der Waals surface area contributed by atoms with Crippen LogP contribution in [0, 0.1) is 0 Å². The molecule has 146 valence electrons. The van der Waals surface area contributed by atoms with Gasteiger partial charge in [-0.15, -0.1) is 0 Å². The third kappa shape index (κ3) is 4.56. The molecule has 7 nitrogen and oxygen atoms in total. The largest absolute Gasteiger partial charge is 0.496 e. The monoisotopic (exact) mass is 376 g/mol. The highest BCUT2D eigenvalue weighted by molar-refractivity contribution is 5.88. The lowest BCUT2D eigenvalue weighted by Gasteiger charge is -2.32. The van der Waals surface area contributed by atoms with Gasteiger partial charge in [-0.1, -0.05) is 6.08 Å². The number of esters is 1. The second-order valence-corrected chi connectivity index (χ2v) is 6.78. The summed E-state index contributed by atoms with van der Waals surface area (Å²) >= 11 is 0. The number of ether oxygens (including phenoxy) is 2. The van der Waals surface area contributed by atoms with Crippen LogP contribution in [0.3, 0.4) is 0 Å². The first-order valence-electron chi connectivity index (χ1n) is 8.44. The summed E-state index contributed by atoms with van der Waals surface area (Å²) in [4.78, 5) is 23.8. The predicted octanol–water partition coefficient (Wildman–Crippen LogP) is 2.48. The number of carbonyl (C=O) groups excluding carboxylic acids is 1. The van der Waals surface area contributed by atoms with Crippen LogP contribution < -0.4 is 10.4 Å². The van der Waals surface area contributed by atoms with Gasteiger partial charge >= 0.3 is 11.6 Å².